The Morgan fingerprint density at radius 3 is 2.00 bits per heavy atom. The van der Waals surface area contributed by atoms with Gasteiger partial charge in [0.15, 0.2) is 8.87 Å². The summed E-state index contributed by atoms with van der Waals surface area (Å²) >= 11 is 0. The summed E-state index contributed by atoms with van der Waals surface area (Å²) in [5.41, 5.74) is 0. The lowest BCUT2D eigenvalue weighted by molar-refractivity contribution is 0.465. The Bertz CT molecular complexity index is 266. The molecule has 11 heavy (non-hydrogen) atoms. The molecular formula is C3H7O5S3-. The van der Waals surface area contributed by atoms with Gasteiger partial charge in [-0.05, 0) is 10.8 Å². The average Bonchev–Trinajstić information content (AvgIpc) is 1.55. The second kappa shape index (κ2) is 3.74. The lowest BCUT2D eigenvalue weighted by Crippen LogP contribution is -2.07. The van der Waals surface area contributed by atoms with Gasteiger partial charge in [-0.25, -0.2) is 16.8 Å². The van der Waals surface area contributed by atoms with E-state index in [1.54, 1.807) is 0 Å². The Morgan fingerprint density at radius 1 is 1.27 bits per heavy atom. The fraction of sp³-hybridized carbons (Fsp3) is 1.00. The van der Waals surface area contributed by atoms with Crippen molar-refractivity contribution in [3.63, 3.8) is 0 Å². The minimum absolute atomic E-state index is 0.204. The van der Waals surface area contributed by atoms with Gasteiger partial charge in [0.1, 0.15) is 0 Å². The van der Waals surface area contributed by atoms with Crippen LogP contribution in [0.4, 0.5) is 0 Å². The van der Waals surface area contributed by atoms with Crippen molar-refractivity contribution in [3.05, 3.63) is 0 Å². The first-order valence-corrected chi connectivity index (χ1v) is 7.46. The summed E-state index contributed by atoms with van der Waals surface area (Å²) in [5, 5.41) is 0. The van der Waals surface area contributed by atoms with Crippen molar-refractivity contribution in [2.75, 3.05) is 17.8 Å². The Hall–Kier alpha value is 0.210. The highest BCUT2D eigenvalue weighted by atomic mass is 33.1. The zero-order chi connectivity index (χ0) is 9.12. The van der Waals surface area contributed by atoms with Gasteiger partial charge in [-0.2, -0.15) is 0 Å². The van der Waals surface area contributed by atoms with E-state index < -0.39 is 24.7 Å². The molecule has 0 N–H and O–H groups in total. The van der Waals surface area contributed by atoms with Crippen LogP contribution < -0.4 is 0 Å². The molecule has 0 atom stereocenters. The van der Waals surface area contributed by atoms with Crippen molar-refractivity contribution in [3.8, 4) is 0 Å². The van der Waals surface area contributed by atoms with E-state index in [1.165, 1.54) is 0 Å². The van der Waals surface area contributed by atoms with E-state index in [9.17, 15) is 21.4 Å². The smallest absolute Gasteiger partial charge is 0.198 e. The van der Waals surface area contributed by atoms with E-state index in [4.69, 9.17) is 0 Å². The lowest BCUT2D eigenvalue weighted by atomic mass is 11.0. The topological polar surface area (TPSA) is 91.3 Å². The molecule has 0 bridgehead atoms. The van der Waals surface area contributed by atoms with E-state index >= 15 is 0 Å². The van der Waals surface area contributed by atoms with E-state index in [2.05, 4.69) is 0 Å². The maximum atomic E-state index is 10.4. The van der Waals surface area contributed by atoms with Crippen LogP contribution in [0, 0.1) is 0 Å². The minimum atomic E-state index is -4.28. The summed E-state index contributed by atoms with van der Waals surface area (Å²) in [7, 11) is -7.06. The molecule has 0 aliphatic heterocycles. The van der Waals surface area contributed by atoms with Gasteiger partial charge in [-0.15, -0.1) is 0 Å². The largest absolute Gasteiger partial charge is 0.748 e. The Morgan fingerprint density at radius 2 is 1.73 bits per heavy atom. The van der Waals surface area contributed by atoms with Crippen molar-refractivity contribution >= 4 is 29.8 Å². The third kappa shape index (κ3) is 10.2. The van der Waals surface area contributed by atoms with Crippen LogP contribution in [-0.4, -0.2) is 39.1 Å². The van der Waals surface area contributed by atoms with E-state index in [0.29, 0.717) is 10.8 Å². The molecule has 0 fully saturated rings. The second-order valence-electron chi connectivity index (χ2n) is 1.79. The van der Waals surface area contributed by atoms with Gasteiger partial charge in [-0.3, -0.25) is 0 Å². The highest BCUT2D eigenvalue weighted by Gasteiger charge is 2.03. The zero-order valence-electron chi connectivity index (χ0n) is 5.68. The molecule has 0 saturated carbocycles. The van der Waals surface area contributed by atoms with Gasteiger partial charge in [0.2, 0.25) is 0 Å². The molecule has 0 aromatic carbocycles. The molecule has 0 spiro atoms. The summed E-state index contributed by atoms with van der Waals surface area (Å²) in [5.74, 6) is -0.852. The summed E-state index contributed by atoms with van der Waals surface area (Å²) in [6.07, 6.45) is 0.953. The number of rotatable bonds is 4. The fourth-order valence-corrected chi connectivity index (χ4v) is 3.20. The molecular weight excluding hydrogens is 212 g/mol. The zero-order valence-corrected chi connectivity index (χ0v) is 8.13. The highest BCUT2D eigenvalue weighted by Crippen LogP contribution is 2.09. The molecule has 0 unspecified atom stereocenters. The molecule has 0 aliphatic rings. The van der Waals surface area contributed by atoms with Gasteiger partial charge in [0, 0.05) is 17.8 Å². The molecule has 0 saturated heterocycles. The normalized spacial score (nSPS) is 13.3. The number of hydrogen-bond donors (Lipinski definition) is 0. The fourth-order valence-electron chi connectivity index (χ4n) is 0.287. The van der Waals surface area contributed by atoms with Crippen LogP contribution in [0.3, 0.4) is 0 Å². The summed E-state index contributed by atoms with van der Waals surface area (Å²) in [6.45, 7) is 0. The molecule has 5 nitrogen and oxygen atoms in total. The van der Waals surface area contributed by atoms with Crippen molar-refractivity contribution < 1.29 is 21.4 Å². The predicted molar refractivity (Wildman–Crippen MR) is 41.9 cm³/mol. The number of hydrogen-bond acceptors (Lipinski definition) is 6. The Kier molecular flexibility index (Phi) is 3.82. The van der Waals surface area contributed by atoms with Crippen molar-refractivity contribution in [1.29, 1.82) is 0 Å². The van der Waals surface area contributed by atoms with Gasteiger partial charge < -0.3 is 4.55 Å². The van der Waals surface area contributed by atoms with Crippen LogP contribution in [0.15, 0.2) is 0 Å². The predicted octanol–water partition coefficient (Wildman–Crippen LogP) is -0.776. The Balaban J connectivity index is 3.79. The first-order valence-electron chi connectivity index (χ1n) is 2.49. The third-order valence-corrected chi connectivity index (χ3v) is 4.18. The molecule has 8 heteroatoms. The van der Waals surface area contributed by atoms with Crippen LogP contribution in [0.5, 0.6) is 0 Å². The quantitative estimate of drug-likeness (QED) is 0.455. The first-order chi connectivity index (χ1) is 4.71. The SMILES string of the molecule is CS(=O)(=O)SCCS(=O)(=O)[O-]. The van der Waals surface area contributed by atoms with Crippen LogP contribution in [0.1, 0.15) is 0 Å². The van der Waals surface area contributed by atoms with Gasteiger partial charge >= 0.3 is 0 Å². The monoisotopic (exact) mass is 219 g/mol. The van der Waals surface area contributed by atoms with Gasteiger partial charge in [-0.1, -0.05) is 0 Å². The van der Waals surface area contributed by atoms with Crippen molar-refractivity contribution in [2.45, 2.75) is 0 Å². The van der Waals surface area contributed by atoms with Crippen molar-refractivity contribution in [1.82, 2.24) is 0 Å². The maximum Gasteiger partial charge on any atom is 0.198 e. The second-order valence-corrected chi connectivity index (χ2v) is 7.89. The standard InChI is InChI=1S/C3H8O5S3/c1-10(4,5)9-2-3-11(6,7)8/h2-3H2,1H3,(H,6,7,8)/p-1. The van der Waals surface area contributed by atoms with Crippen molar-refractivity contribution in [2.24, 2.45) is 0 Å². The van der Waals surface area contributed by atoms with Crippen LogP contribution in [-0.2, 0) is 19.0 Å². The molecule has 0 rings (SSSR count). The van der Waals surface area contributed by atoms with E-state index in [-0.39, 0.29) is 5.75 Å². The maximum absolute atomic E-state index is 10.4. The van der Waals surface area contributed by atoms with Crippen LogP contribution in [0.25, 0.3) is 0 Å². The highest BCUT2D eigenvalue weighted by molar-refractivity contribution is 8.71. The Labute approximate surface area is 69.2 Å². The van der Waals surface area contributed by atoms with Crippen LogP contribution in [0.2, 0.25) is 0 Å². The molecule has 0 aliphatic carbocycles. The first kappa shape index (κ1) is 11.2. The molecule has 68 valence electrons. The van der Waals surface area contributed by atoms with Gasteiger partial charge in [0.25, 0.3) is 0 Å². The summed E-state index contributed by atoms with van der Waals surface area (Å²) < 4.78 is 50.6. The average molecular weight is 219 g/mol. The molecule has 0 amide bonds. The lowest BCUT2D eigenvalue weighted by Gasteiger charge is -2.03. The molecule has 0 aromatic heterocycles. The molecule has 0 aromatic rings. The minimum Gasteiger partial charge on any atom is -0.748 e. The van der Waals surface area contributed by atoms with Gasteiger partial charge in [0.05, 0.1) is 10.1 Å². The third-order valence-electron chi connectivity index (χ3n) is 0.631. The summed E-state index contributed by atoms with van der Waals surface area (Å²) in [4.78, 5) is 0. The molecule has 0 radical (unpaired) electrons. The van der Waals surface area contributed by atoms with E-state index in [0.717, 1.165) is 6.26 Å². The summed E-state index contributed by atoms with van der Waals surface area (Å²) in [6, 6.07) is 0. The molecule has 0 heterocycles. The van der Waals surface area contributed by atoms with E-state index in [1.807, 2.05) is 0 Å². The van der Waals surface area contributed by atoms with Crippen LogP contribution >= 0.6 is 10.8 Å².